The largest absolute Gasteiger partial charge is 0.381 e. The van der Waals surface area contributed by atoms with Gasteiger partial charge in [0.15, 0.2) is 0 Å². The van der Waals surface area contributed by atoms with Gasteiger partial charge in [-0.15, -0.1) is 0 Å². The third-order valence-electron chi connectivity index (χ3n) is 3.86. The molecule has 2 N–H and O–H groups in total. The minimum Gasteiger partial charge on any atom is -0.381 e. The van der Waals surface area contributed by atoms with Crippen molar-refractivity contribution in [1.29, 1.82) is 0 Å². The predicted octanol–water partition coefficient (Wildman–Crippen LogP) is 2.05. The average Bonchev–Trinajstić information content (AvgIpc) is 2.33. The summed E-state index contributed by atoms with van der Waals surface area (Å²) >= 11 is 0. The number of ether oxygens (including phenoxy) is 1. The third-order valence-corrected chi connectivity index (χ3v) is 3.86. The van der Waals surface area contributed by atoms with Crippen LogP contribution in [-0.2, 0) is 4.74 Å². The Morgan fingerprint density at radius 2 is 2.11 bits per heavy atom. The molecule has 1 heterocycles. The van der Waals surface area contributed by atoms with Crippen LogP contribution in [0, 0.1) is 12.3 Å². The number of hydrogen-bond acceptors (Lipinski definition) is 5. The Kier molecular flexibility index (Phi) is 3.43. The summed E-state index contributed by atoms with van der Waals surface area (Å²) in [7, 11) is 3.60. The van der Waals surface area contributed by atoms with E-state index in [1.807, 2.05) is 20.0 Å². The summed E-state index contributed by atoms with van der Waals surface area (Å²) in [5.41, 5.74) is 1.09. The summed E-state index contributed by atoms with van der Waals surface area (Å²) in [4.78, 5) is 8.70. The summed E-state index contributed by atoms with van der Waals surface area (Å²) < 4.78 is 5.45. The zero-order chi connectivity index (χ0) is 13.3. The fourth-order valence-corrected chi connectivity index (χ4v) is 2.46. The fourth-order valence-electron chi connectivity index (χ4n) is 2.46. The predicted molar refractivity (Wildman–Crippen MR) is 72.9 cm³/mol. The van der Waals surface area contributed by atoms with Gasteiger partial charge >= 0.3 is 0 Å². The first-order chi connectivity index (χ1) is 8.47. The molecule has 0 spiro atoms. The lowest BCUT2D eigenvalue weighted by atomic mass is 9.64. The molecule has 1 aliphatic carbocycles. The normalized spacial score (nSPS) is 25.4. The lowest BCUT2D eigenvalue weighted by Crippen LogP contribution is -2.57. The molecule has 1 saturated carbocycles. The Hall–Kier alpha value is -1.36. The standard InChI is InChI=1S/C13H22N4O/c1-8-6-11(17-12(14-4)15-8)16-9-7-10(18-5)13(9,2)3/h6,9-10H,7H2,1-5H3,(H2,14,15,16,17). The van der Waals surface area contributed by atoms with E-state index in [1.54, 1.807) is 7.11 Å². The van der Waals surface area contributed by atoms with Crippen LogP contribution < -0.4 is 10.6 Å². The van der Waals surface area contributed by atoms with Crippen molar-refractivity contribution >= 4 is 11.8 Å². The van der Waals surface area contributed by atoms with Gasteiger partial charge in [0, 0.05) is 37.4 Å². The Balaban J connectivity index is 2.09. The lowest BCUT2D eigenvalue weighted by molar-refractivity contribution is -0.0795. The van der Waals surface area contributed by atoms with Crippen molar-refractivity contribution in [3.63, 3.8) is 0 Å². The molecule has 2 unspecified atom stereocenters. The van der Waals surface area contributed by atoms with Crippen molar-refractivity contribution in [3.05, 3.63) is 11.8 Å². The Labute approximate surface area is 108 Å². The van der Waals surface area contributed by atoms with Gasteiger partial charge in [-0.1, -0.05) is 13.8 Å². The molecule has 2 rings (SSSR count). The van der Waals surface area contributed by atoms with Crippen LogP contribution in [-0.4, -0.2) is 36.3 Å². The molecular formula is C13H22N4O. The summed E-state index contributed by atoms with van der Waals surface area (Å²) in [6.07, 6.45) is 1.34. The maximum atomic E-state index is 5.45. The van der Waals surface area contributed by atoms with Gasteiger partial charge in [0.05, 0.1) is 6.10 Å². The number of hydrogen-bond donors (Lipinski definition) is 2. The van der Waals surface area contributed by atoms with Crippen molar-refractivity contribution in [2.75, 3.05) is 24.8 Å². The van der Waals surface area contributed by atoms with Crippen LogP contribution in [0.2, 0.25) is 0 Å². The van der Waals surface area contributed by atoms with Crippen molar-refractivity contribution < 1.29 is 4.74 Å². The Morgan fingerprint density at radius 3 is 2.67 bits per heavy atom. The molecule has 2 atom stereocenters. The highest BCUT2D eigenvalue weighted by Gasteiger charge is 2.48. The molecule has 0 bridgehead atoms. The zero-order valence-electron chi connectivity index (χ0n) is 11.7. The molecule has 1 aromatic heterocycles. The molecular weight excluding hydrogens is 228 g/mol. The SMILES string of the molecule is CNc1nc(C)cc(NC2CC(OC)C2(C)C)n1. The molecule has 0 aromatic carbocycles. The van der Waals surface area contributed by atoms with E-state index in [2.05, 4.69) is 34.4 Å². The summed E-state index contributed by atoms with van der Waals surface area (Å²) in [5, 5.41) is 6.45. The van der Waals surface area contributed by atoms with Crippen LogP contribution in [0.5, 0.6) is 0 Å². The lowest BCUT2D eigenvalue weighted by Gasteiger charge is -2.51. The van der Waals surface area contributed by atoms with E-state index in [9.17, 15) is 0 Å². The number of anilines is 2. The van der Waals surface area contributed by atoms with Crippen molar-refractivity contribution in [3.8, 4) is 0 Å². The quantitative estimate of drug-likeness (QED) is 0.856. The van der Waals surface area contributed by atoms with Crippen LogP contribution in [0.15, 0.2) is 6.07 Å². The van der Waals surface area contributed by atoms with Gasteiger partial charge in [0.1, 0.15) is 5.82 Å². The van der Waals surface area contributed by atoms with Crippen LogP contribution >= 0.6 is 0 Å². The molecule has 1 aromatic rings. The molecule has 100 valence electrons. The van der Waals surface area contributed by atoms with Gasteiger partial charge in [0.25, 0.3) is 0 Å². The molecule has 5 nitrogen and oxygen atoms in total. The fraction of sp³-hybridized carbons (Fsp3) is 0.692. The van der Waals surface area contributed by atoms with Crippen LogP contribution in [0.3, 0.4) is 0 Å². The first-order valence-corrected chi connectivity index (χ1v) is 6.30. The average molecular weight is 250 g/mol. The second-order valence-corrected chi connectivity index (χ2v) is 5.45. The van der Waals surface area contributed by atoms with Crippen molar-refractivity contribution in [1.82, 2.24) is 9.97 Å². The number of nitrogens with zero attached hydrogens (tertiary/aromatic N) is 2. The van der Waals surface area contributed by atoms with E-state index < -0.39 is 0 Å². The van der Waals surface area contributed by atoms with Gasteiger partial charge in [-0.25, -0.2) is 4.98 Å². The van der Waals surface area contributed by atoms with E-state index in [0.29, 0.717) is 18.1 Å². The van der Waals surface area contributed by atoms with Gasteiger partial charge in [0.2, 0.25) is 5.95 Å². The summed E-state index contributed by atoms with van der Waals surface area (Å²) in [6, 6.07) is 2.36. The highest BCUT2D eigenvalue weighted by Crippen LogP contribution is 2.43. The molecule has 18 heavy (non-hydrogen) atoms. The molecule has 0 saturated heterocycles. The summed E-state index contributed by atoms with van der Waals surface area (Å²) in [6.45, 7) is 6.41. The number of nitrogens with one attached hydrogen (secondary N) is 2. The van der Waals surface area contributed by atoms with Gasteiger partial charge in [-0.2, -0.15) is 4.98 Å². The first-order valence-electron chi connectivity index (χ1n) is 6.30. The van der Waals surface area contributed by atoms with E-state index in [-0.39, 0.29) is 5.41 Å². The zero-order valence-corrected chi connectivity index (χ0v) is 11.7. The first kappa shape index (κ1) is 13.1. The van der Waals surface area contributed by atoms with Gasteiger partial charge in [-0.05, 0) is 13.3 Å². The van der Waals surface area contributed by atoms with Gasteiger partial charge in [-0.3, -0.25) is 0 Å². The highest BCUT2D eigenvalue weighted by atomic mass is 16.5. The highest BCUT2D eigenvalue weighted by molar-refractivity contribution is 5.43. The van der Waals surface area contributed by atoms with E-state index in [4.69, 9.17) is 4.74 Å². The van der Waals surface area contributed by atoms with Gasteiger partial charge < -0.3 is 15.4 Å². The maximum Gasteiger partial charge on any atom is 0.224 e. The molecule has 5 heteroatoms. The number of rotatable bonds is 4. The number of aromatic nitrogens is 2. The van der Waals surface area contributed by atoms with Crippen LogP contribution in [0.4, 0.5) is 11.8 Å². The van der Waals surface area contributed by atoms with Crippen molar-refractivity contribution in [2.24, 2.45) is 5.41 Å². The maximum absolute atomic E-state index is 5.45. The number of aryl methyl sites for hydroxylation is 1. The minimum atomic E-state index is 0.132. The molecule has 0 amide bonds. The molecule has 0 radical (unpaired) electrons. The van der Waals surface area contributed by atoms with Crippen LogP contribution in [0.1, 0.15) is 26.0 Å². The van der Waals surface area contributed by atoms with Crippen LogP contribution in [0.25, 0.3) is 0 Å². The monoisotopic (exact) mass is 250 g/mol. The molecule has 1 fully saturated rings. The van der Waals surface area contributed by atoms with E-state index in [0.717, 1.165) is 17.9 Å². The Morgan fingerprint density at radius 1 is 1.39 bits per heavy atom. The minimum absolute atomic E-state index is 0.132. The smallest absolute Gasteiger partial charge is 0.224 e. The summed E-state index contributed by atoms with van der Waals surface area (Å²) in [5.74, 6) is 1.53. The topological polar surface area (TPSA) is 59.1 Å². The van der Waals surface area contributed by atoms with E-state index in [1.165, 1.54) is 0 Å². The second-order valence-electron chi connectivity index (χ2n) is 5.45. The van der Waals surface area contributed by atoms with E-state index >= 15 is 0 Å². The second kappa shape index (κ2) is 4.72. The molecule has 0 aliphatic heterocycles. The number of methoxy groups -OCH3 is 1. The third kappa shape index (κ3) is 2.27. The molecule has 1 aliphatic rings. The Bertz CT molecular complexity index is 433. The van der Waals surface area contributed by atoms with Crippen molar-refractivity contribution in [2.45, 2.75) is 39.3 Å².